The van der Waals surface area contributed by atoms with Gasteiger partial charge in [0.05, 0.1) is 13.0 Å². The third kappa shape index (κ3) is 7.41. The van der Waals surface area contributed by atoms with Crippen LogP contribution < -0.4 is 15.8 Å². The van der Waals surface area contributed by atoms with E-state index < -0.39 is 0 Å². The van der Waals surface area contributed by atoms with Crippen LogP contribution in [0.2, 0.25) is 0 Å². The second-order valence-electron chi connectivity index (χ2n) is 3.88. The minimum Gasteiger partial charge on any atom is -0.493 e. The molecule has 3 N–H and O–H groups in total. The van der Waals surface area contributed by atoms with Crippen molar-refractivity contribution in [1.29, 1.82) is 0 Å². The van der Waals surface area contributed by atoms with Crippen LogP contribution >= 0.6 is 11.8 Å². The second-order valence-corrected chi connectivity index (χ2v) is 5.03. The molecule has 0 saturated heterocycles. The van der Waals surface area contributed by atoms with E-state index in [0.717, 1.165) is 17.3 Å². The average molecular weight is 280 g/mol. The van der Waals surface area contributed by atoms with E-state index in [1.807, 2.05) is 6.08 Å². The van der Waals surface area contributed by atoms with E-state index in [0.29, 0.717) is 25.3 Å². The van der Waals surface area contributed by atoms with Crippen molar-refractivity contribution in [2.24, 2.45) is 0 Å². The van der Waals surface area contributed by atoms with E-state index in [1.54, 1.807) is 36.0 Å². The summed E-state index contributed by atoms with van der Waals surface area (Å²) in [5.41, 5.74) is 6.26. The lowest BCUT2D eigenvalue weighted by atomic mass is 10.3. The Balaban J connectivity index is 2.06. The molecule has 4 nitrogen and oxygen atoms in total. The van der Waals surface area contributed by atoms with Gasteiger partial charge in [0.1, 0.15) is 5.75 Å². The number of carbonyl (C=O) groups is 1. The van der Waals surface area contributed by atoms with E-state index in [1.165, 1.54) is 0 Å². The first-order valence-electron chi connectivity index (χ1n) is 6.16. The number of amides is 1. The SMILES string of the molecule is C=CCSCCNC(=O)CCOc1ccc(N)cc1. The summed E-state index contributed by atoms with van der Waals surface area (Å²) < 4.78 is 5.44. The number of anilines is 1. The Morgan fingerprint density at radius 1 is 1.42 bits per heavy atom. The number of thioether (sulfide) groups is 1. The van der Waals surface area contributed by atoms with Crippen LogP contribution in [0.15, 0.2) is 36.9 Å². The predicted octanol–water partition coefficient (Wildman–Crippen LogP) is 2.07. The van der Waals surface area contributed by atoms with Crippen molar-refractivity contribution in [3.8, 4) is 5.75 Å². The van der Waals surface area contributed by atoms with Crippen molar-refractivity contribution >= 4 is 23.4 Å². The van der Waals surface area contributed by atoms with E-state index in [2.05, 4.69) is 11.9 Å². The van der Waals surface area contributed by atoms with Crippen molar-refractivity contribution in [2.45, 2.75) is 6.42 Å². The number of nitrogen functional groups attached to an aromatic ring is 1. The van der Waals surface area contributed by atoms with Crippen LogP contribution in [0.25, 0.3) is 0 Å². The lowest BCUT2D eigenvalue weighted by molar-refractivity contribution is -0.121. The normalized spacial score (nSPS) is 9.89. The predicted molar refractivity (Wildman–Crippen MR) is 81.5 cm³/mol. The minimum absolute atomic E-state index is 0.00893. The van der Waals surface area contributed by atoms with Crippen molar-refractivity contribution in [1.82, 2.24) is 5.32 Å². The highest BCUT2D eigenvalue weighted by Gasteiger charge is 2.01. The van der Waals surface area contributed by atoms with Gasteiger partial charge < -0.3 is 15.8 Å². The maximum Gasteiger partial charge on any atom is 0.223 e. The Bertz CT molecular complexity index is 393. The van der Waals surface area contributed by atoms with Crippen LogP contribution in [-0.2, 0) is 4.79 Å². The monoisotopic (exact) mass is 280 g/mol. The zero-order valence-corrected chi connectivity index (χ0v) is 11.7. The second kappa shape index (κ2) is 9.33. The summed E-state index contributed by atoms with van der Waals surface area (Å²) in [6.07, 6.45) is 2.21. The van der Waals surface area contributed by atoms with Gasteiger partial charge in [-0.2, -0.15) is 11.8 Å². The minimum atomic E-state index is 0.00893. The van der Waals surface area contributed by atoms with Gasteiger partial charge in [-0.05, 0) is 24.3 Å². The molecule has 0 aliphatic rings. The number of benzene rings is 1. The number of hydrogen-bond donors (Lipinski definition) is 2. The van der Waals surface area contributed by atoms with Crippen molar-refractivity contribution < 1.29 is 9.53 Å². The summed E-state index contributed by atoms with van der Waals surface area (Å²) in [7, 11) is 0. The molecule has 104 valence electrons. The van der Waals surface area contributed by atoms with E-state index in [4.69, 9.17) is 10.5 Å². The molecule has 0 aliphatic carbocycles. The number of rotatable bonds is 9. The molecule has 0 atom stereocenters. The van der Waals surface area contributed by atoms with Crippen LogP contribution in [0.4, 0.5) is 5.69 Å². The summed E-state index contributed by atoms with van der Waals surface area (Å²) in [5, 5.41) is 2.84. The fraction of sp³-hybridized carbons (Fsp3) is 0.357. The van der Waals surface area contributed by atoms with Gasteiger partial charge in [0.2, 0.25) is 5.91 Å². The molecule has 0 fully saturated rings. The number of nitrogens with one attached hydrogen (secondary N) is 1. The van der Waals surface area contributed by atoms with Gasteiger partial charge >= 0.3 is 0 Å². The zero-order chi connectivity index (χ0) is 13.9. The summed E-state index contributed by atoms with van der Waals surface area (Å²) >= 11 is 1.74. The number of hydrogen-bond acceptors (Lipinski definition) is 4. The van der Waals surface area contributed by atoms with E-state index in [-0.39, 0.29) is 5.91 Å². The van der Waals surface area contributed by atoms with Crippen LogP contribution in [-0.4, -0.2) is 30.6 Å². The summed E-state index contributed by atoms with van der Waals surface area (Å²) in [5.74, 6) is 2.55. The zero-order valence-electron chi connectivity index (χ0n) is 10.9. The number of carbonyl (C=O) groups excluding carboxylic acids is 1. The molecule has 1 amide bonds. The molecule has 0 aromatic heterocycles. The molecular weight excluding hydrogens is 260 g/mol. The Morgan fingerprint density at radius 2 is 2.16 bits per heavy atom. The Morgan fingerprint density at radius 3 is 2.84 bits per heavy atom. The fourth-order valence-electron chi connectivity index (χ4n) is 1.34. The highest BCUT2D eigenvalue weighted by Crippen LogP contribution is 2.12. The molecule has 0 saturated carbocycles. The first kappa shape index (κ1) is 15.4. The molecule has 5 heteroatoms. The molecule has 19 heavy (non-hydrogen) atoms. The van der Waals surface area contributed by atoms with Gasteiger partial charge in [-0.3, -0.25) is 4.79 Å². The number of ether oxygens (including phenoxy) is 1. The standard InChI is InChI=1S/C14H20N2O2S/c1-2-10-19-11-8-16-14(17)7-9-18-13-5-3-12(15)4-6-13/h2-6H,1,7-11,15H2,(H,16,17). The third-order valence-corrected chi connectivity index (χ3v) is 3.25. The average Bonchev–Trinajstić information content (AvgIpc) is 2.41. The van der Waals surface area contributed by atoms with Gasteiger partial charge in [0, 0.05) is 23.7 Å². The molecule has 0 spiro atoms. The van der Waals surface area contributed by atoms with Gasteiger partial charge in [-0.15, -0.1) is 6.58 Å². The van der Waals surface area contributed by atoms with Crippen molar-refractivity contribution in [3.05, 3.63) is 36.9 Å². The Hall–Kier alpha value is -1.62. The summed E-state index contributed by atoms with van der Waals surface area (Å²) in [6.45, 7) is 4.69. The van der Waals surface area contributed by atoms with Crippen LogP contribution in [0.5, 0.6) is 5.75 Å². The molecule has 1 rings (SSSR count). The summed E-state index contributed by atoms with van der Waals surface area (Å²) in [6, 6.07) is 7.12. The first-order valence-corrected chi connectivity index (χ1v) is 7.31. The van der Waals surface area contributed by atoms with Crippen LogP contribution in [0.1, 0.15) is 6.42 Å². The maximum absolute atomic E-state index is 11.5. The van der Waals surface area contributed by atoms with E-state index >= 15 is 0 Å². The topological polar surface area (TPSA) is 64.3 Å². The molecule has 0 radical (unpaired) electrons. The van der Waals surface area contributed by atoms with Gasteiger partial charge in [0.25, 0.3) is 0 Å². The lowest BCUT2D eigenvalue weighted by Gasteiger charge is -2.07. The molecular formula is C14H20N2O2S. The molecule has 1 aromatic carbocycles. The Labute approximate surface area is 118 Å². The Kier molecular flexibility index (Phi) is 7.58. The summed E-state index contributed by atoms with van der Waals surface area (Å²) in [4.78, 5) is 11.5. The molecule has 0 bridgehead atoms. The molecule has 0 aliphatic heterocycles. The van der Waals surface area contributed by atoms with Gasteiger partial charge in [-0.25, -0.2) is 0 Å². The highest BCUT2D eigenvalue weighted by molar-refractivity contribution is 7.99. The maximum atomic E-state index is 11.5. The number of nitrogens with two attached hydrogens (primary N) is 1. The largest absolute Gasteiger partial charge is 0.493 e. The molecule has 0 heterocycles. The van der Waals surface area contributed by atoms with Gasteiger partial charge in [0.15, 0.2) is 0 Å². The van der Waals surface area contributed by atoms with Crippen LogP contribution in [0.3, 0.4) is 0 Å². The smallest absolute Gasteiger partial charge is 0.223 e. The third-order valence-electron chi connectivity index (χ3n) is 2.28. The van der Waals surface area contributed by atoms with E-state index in [9.17, 15) is 4.79 Å². The first-order chi connectivity index (χ1) is 9.22. The van der Waals surface area contributed by atoms with Gasteiger partial charge in [-0.1, -0.05) is 6.08 Å². The van der Waals surface area contributed by atoms with Crippen molar-refractivity contribution in [3.63, 3.8) is 0 Å². The van der Waals surface area contributed by atoms with Crippen LogP contribution in [0, 0.1) is 0 Å². The quantitative estimate of drug-likeness (QED) is 0.413. The molecule has 1 aromatic rings. The lowest BCUT2D eigenvalue weighted by Crippen LogP contribution is -2.27. The fourth-order valence-corrected chi connectivity index (χ4v) is 1.92. The highest BCUT2D eigenvalue weighted by atomic mass is 32.2. The van der Waals surface area contributed by atoms with Crippen molar-refractivity contribution in [2.75, 3.05) is 30.4 Å². The molecule has 0 unspecified atom stereocenters.